The van der Waals surface area contributed by atoms with Gasteiger partial charge >= 0.3 is 0 Å². The average molecular weight is 213 g/mol. The zero-order valence-corrected chi connectivity index (χ0v) is 9.76. The lowest BCUT2D eigenvalue weighted by Gasteiger charge is -2.18. The zero-order valence-electron chi connectivity index (χ0n) is 9.76. The van der Waals surface area contributed by atoms with Gasteiger partial charge < -0.3 is 10.1 Å². The van der Waals surface area contributed by atoms with Crippen LogP contribution in [0.25, 0.3) is 0 Å². The maximum atomic E-state index is 11.8. The summed E-state index contributed by atoms with van der Waals surface area (Å²) in [6.07, 6.45) is 8.49. The van der Waals surface area contributed by atoms with Crippen molar-refractivity contribution < 1.29 is 9.53 Å². The fraction of sp³-hybridized carbons (Fsp3) is 0.917. The van der Waals surface area contributed by atoms with E-state index in [4.69, 9.17) is 4.74 Å². The summed E-state index contributed by atoms with van der Waals surface area (Å²) < 4.78 is 4.91. The quantitative estimate of drug-likeness (QED) is 0.726. The molecule has 1 saturated carbocycles. The Bertz CT molecular complexity index is 174. The Balaban J connectivity index is 2.22. The van der Waals surface area contributed by atoms with Crippen LogP contribution in [-0.2, 0) is 9.53 Å². The number of methoxy groups -OCH3 is 1. The second-order valence-corrected chi connectivity index (χ2v) is 4.33. The lowest BCUT2D eigenvalue weighted by molar-refractivity contribution is -0.125. The van der Waals surface area contributed by atoms with E-state index in [-0.39, 0.29) is 11.8 Å². The summed E-state index contributed by atoms with van der Waals surface area (Å²) in [4.78, 5) is 11.8. The molecule has 1 fully saturated rings. The highest BCUT2D eigenvalue weighted by atomic mass is 16.5. The minimum atomic E-state index is 0.231. The van der Waals surface area contributed by atoms with Crippen molar-refractivity contribution in [1.82, 2.24) is 5.32 Å². The molecule has 3 heteroatoms. The standard InChI is InChI=1S/C12H23NO2/c1-15-10-9-13-12(14)11-7-5-3-2-4-6-8-11/h11H,2-10H2,1H3,(H,13,14). The molecule has 0 radical (unpaired) electrons. The van der Waals surface area contributed by atoms with Gasteiger partial charge in [0.15, 0.2) is 0 Å². The Kier molecular flexibility index (Phi) is 6.41. The third-order valence-corrected chi connectivity index (χ3v) is 3.08. The second-order valence-electron chi connectivity index (χ2n) is 4.33. The van der Waals surface area contributed by atoms with E-state index in [2.05, 4.69) is 5.32 Å². The molecule has 15 heavy (non-hydrogen) atoms. The third-order valence-electron chi connectivity index (χ3n) is 3.08. The van der Waals surface area contributed by atoms with Crippen LogP contribution in [0.4, 0.5) is 0 Å². The van der Waals surface area contributed by atoms with Crippen molar-refractivity contribution >= 4 is 5.91 Å². The number of carbonyl (C=O) groups is 1. The molecule has 0 aliphatic heterocycles. The molecule has 0 aromatic carbocycles. The molecule has 1 aliphatic carbocycles. The Labute approximate surface area is 92.6 Å². The summed E-state index contributed by atoms with van der Waals surface area (Å²) in [5, 5.41) is 2.94. The van der Waals surface area contributed by atoms with Gasteiger partial charge in [-0.25, -0.2) is 0 Å². The van der Waals surface area contributed by atoms with Gasteiger partial charge in [-0.3, -0.25) is 4.79 Å². The normalized spacial score (nSPS) is 19.3. The lowest BCUT2D eigenvalue weighted by Crippen LogP contribution is -2.33. The topological polar surface area (TPSA) is 38.3 Å². The van der Waals surface area contributed by atoms with Gasteiger partial charge in [-0.1, -0.05) is 32.1 Å². The van der Waals surface area contributed by atoms with E-state index in [0.717, 1.165) is 12.8 Å². The molecule has 0 aromatic rings. The molecule has 1 amide bonds. The highest BCUT2D eigenvalue weighted by Gasteiger charge is 2.18. The van der Waals surface area contributed by atoms with Crippen LogP contribution in [0.15, 0.2) is 0 Å². The first-order valence-electron chi connectivity index (χ1n) is 6.11. The van der Waals surface area contributed by atoms with E-state index in [1.54, 1.807) is 7.11 Å². The molecule has 88 valence electrons. The van der Waals surface area contributed by atoms with Crippen LogP contribution in [0.2, 0.25) is 0 Å². The SMILES string of the molecule is COCCNC(=O)C1CCCCCCC1. The summed E-state index contributed by atoms with van der Waals surface area (Å²) >= 11 is 0. The van der Waals surface area contributed by atoms with Crippen LogP contribution in [0.5, 0.6) is 0 Å². The van der Waals surface area contributed by atoms with Crippen LogP contribution in [-0.4, -0.2) is 26.2 Å². The first kappa shape index (κ1) is 12.5. The number of rotatable bonds is 4. The van der Waals surface area contributed by atoms with Gasteiger partial charge in [0.05, 0.1) is 6.61 Å². The van der Waals surface area contributed by atoms with Gasteiger partial charge in [-0.15, -0.1) is 0 Å². The molecule has 0 unspecified atom stereocenters. The van der Waals surface area contributed by atoms with Crippen molar-refractivity contribution in [2.75, 3.05) is 20.3 Å². The van der Waals surface area contributed by atoms with Crippen LogP contribution in [0.3, 0.4) is 0 Å². The van der Waals surface area contributed by atoms with Gasteiger partial charge in [0, 0.05) is 19.6 Å². The first-order valence-corrected chi connectivity index (χ1v) is 6.11. The monoisotopic (exact) mass is 213 g/mol. The molecule has 3 nitrogen and oxygen atoms in total. The van der Waals surface area contributed by atoms with E-state index in [1.165, 1.54) is 32.1 Å². The Morgan fingerprint density at radius 3 is 2.40 bits per heavy atom. The summed E-state index contributed by atoms with van der Waals surface area (Å²) in [6, 6.07) is 0. The molecule has 0 aromatic heterocycles. The van der Waals surface area contributed by atoms with E-state index in [0.29, 0.717) is 13.2 Å². The molecular weight excluding hydrogens is 190 g/mol. The predicted octanol–water partition coefficient (Wildman–Crippen LogP) is 2.11. The number of carbonyl (C=O) groups excluding carboxylic acids is 1. The molecule has 1 N–H and O–H groups in total. The smallest absolute Gasteiger partial charge is 0.223 e. The highest BCUT2D eigenvalue weighted by molar-refractivity contribution is 5.78. The largest absolute Gasteiger partial charge is 0.383 e. The Hall–Kier alpha value is -0.570. The summed E-state index contributed by atoms with van der Waals surface area (Å²) in [7, 11) is 1.65. The zero-order chi connectivity index (χ0) is 10.9. The van der Waals surface area contributed by atoms with Gasteiger partial charge in [0.25, 0.3) is 0 Å². The molecule has 1 rings (SSSR count). The molecule has 0 spiro atoms. The average Bonchev–Trinajstić information content (AvgIpc) is 2.17. The molecule has 0 bridgehead atoms. The highest BCUT2D eigenvalue weighted by Crippen LogP contribution is 2.22. The van der Waals surface area contributed by atoms with Gasteiger partial charge in [-0.2, -0.15) is 0 Å². The maximum Gasteiger partial charge on any atom is 0.223 e. The number of ether oxygens (including phenoxy) is 1. The van der Waals surface area contributed by atoms with E-state index in [9.17, 15) is 4.79 Å². The minimum absolute atomic E-state index is 0.231. The third kappa shape index (κ3) is 5.17. The van der Waals surface area contributed by atoms with Crippen LogP contribution < -0.4 is 5.32 Å². The number of hydrogen-bond acceptors (Lipinski definition) is 2. The lowest BCUT2D eigenvalue weighted by atomic mass is 9.90. The number of amides is 1. The van der Waals surface area contributed by atoms with Crippen molar-refractivity contribution in [3.63, 3.8) is 0 Å². The molecule has 0 heterocycles. The molecule has 0 saturated heterocycles. The first-order chi connectivity index (χ1) is 7.34. The molecule has 0 atom stereocenters. The van der Waals surface area contributed by atoms with Crippen LogP contribution in [0, 0.1) is 5.92 Å². The Morgan fingerprint density at radius 2 is 1.80 bits per heavy atom. The van der Waals surface area contributed by atoms with Crippen LogP contribution >= 0.6 is 0 Å². The summed E-state index contributed by atoms with van der Waals surface area (Å²) in [6.45, 7) is 1.25. The molecular formula is C12H23NO2. The van der Waals surface area contributed by atoms with Crippen molar-refractivity contribution in [2.45, 2.75) is 44.9 Å². The van der Waals surface area contributed by atoms with Crippen molar-refractivity contribution in [1.29, 1.82) is 0 Å². The number of nitrogens with one attached hydrogen (secondary N) is 1. The summed E-state index contributed by atoms with van der Waals surface area (Å²) in [5.74, 6) is 0.483. The van der Waals surface area contributed by atoms with Gasteiger partial charge in [-0.05, 0) is 12.8 Å². The summed E-state index contributed by atoms with van der Waals surface area (Å²) in [5.41, 5.74) is 0. The Morgan fingerprint density at radius 1 is 1.20 bits per heavy atom. The van der Waals surface area contributed by atoms with Crippen molar-refractivity contribution in [2.24, 2.45) is 5.92 Å². The van der Waals surface area contributed by atoms with E-state index >= 15 is 0 Å². The fourth-order valence-electron chi connectivity index (χ4n) is 2.14. The van der Waals surface area contributed by atoms with E-state index in [1.807, 2.05) is 0 Å². The van der Waals surface area contributed by atoms with Crippen molar-refractivity contribution in [3.05, 3.63) is 0 Å². The maximum absolute atomic E-state index is 11.8. The minimum Gasteiger partial charge on any atom is -0.383 e. The fourth-order valence-corrected chi connectivity index (χ4v) is 2.14. The predicted molar refractivity (Wildman–Crippen MR) is 60.7 cm³/mol. The van der Waals surface area contributed by atoms with Crippen molar-refractivity contribution in [3.8, 4) is 0 Å². The van der Waals surface area contributed by atoms with E-state index < -0.39 is 0 Å². The van der Waals surface area contributed by atoms with Gasteiger partial charge in [0.1, 0.15) is 0 Å². The molecule has 1 aliphatic rings. The number of hydrogen-bond donors (Lipinski definition) is 1. The van der Waals surface area contributed by atoms with Gasteiger partial charge in [0.2, 0.25) is 5.91 Å². The van der Waals surface area contributed by atoms with Crippen LogP contribution in [0.1, 0.15) is 44.9 Å². The second kappa shape index (κ2) is 7.69.